The average molecular weight is 197 g/mol. The number of benzene rings is 2. The van der Waals surface area contributed by atoms with Gasteiger partial charge in [0.25, 0.3) is 0 Å². The van der Waals surface area contributed by atoms with Crippen molar-refractivity contribution in [3.8, 4) is 11.1 Å². The van der Waals surface area contributed by atoms with Crippen LogP contribution in [0.2, 0.25) is 0 Å². The van der Waals surface area contributed by atoms with Gasteiger partial charge >= 0.3 is 0 Å². The van der Waals surface area contributed by atoms with E-state index in [1.807, 2.05) is 18.2 Å². The van der Waals surface area contributed by atoms with Gasteiger partial charge in [0, 0.05) is 11.3 Å². The minimum absolute atomic E-state index is 0.909. The standard InChI is InChI=1S/C14H15N/c1-2-11-9-6-10-13(14(11)15)12-7-4-3-5-8-12/h3-10H,2,15H2,1H3. The molecule has 0 aliphatic carbocycles. The van der Waals surface area contributed by atoms with Crippen LogP contribution in [0.3, 0.4) is 0 Å². The highest BCUT2D eigenvalue weighted by Gasteiger charge is 2.04. The van der Waals surface area contributed by atoms with Gasteiger partial charge in [-0.2, -0.15) is 0 Å². The molecule has 1 heteroatoms. The van der Waals surface area contributed by atoms with Gasteiger partial charge in [-0.1, -0.05) is 55.5 Å². The van der Waals surface area contributed by atoms with Gasteiger partial charge in [-0.15, -0.1) is 0 Å². The summed E-state index contributed by atoms with van der Waals surface area (Å²) in [5.41, 5.74) is 10.6. The summed E-state index contributed by atoms with van der Waals surface area (Å²) >= 11 is 0. The lowest BCUT2D eigenvalue weighted by molar-refractivity contribution is 1.15. The van der Waals surface area contributed by atoms with Crippen LogP contribution in [0.1, 0.15) is 12.5 Å². The number of para-hydroxylation sites is 1. The summed E-state index contributed by atoms with van der Waals surface area (Å²) in [7, 11) is 0. The van der Waals surface area contributed by atoms with Gasteiger partial charge in [-0.3, -0.25) is 0 Å². The van der Waals surface area contributed by atoms with Crippen LogP contribution in [-0.2, 0) is 6.42 Å². The first-order valence-electron chi connectivity index (χ1n) is 5.25. The van der Waals surface area contributed by atoms with E-state index < -0.39 is 0 Å². The SMILES string of the molecule is CCc1cccc(-c2ccccc2)c1N. The van der Waals surface area contributed by atoms with E-state index in [2.05, 4.69) is 37.3 Å². The first-order chi connectivity index (χ1) is 7.33. The van der Waals surface area contributed by atoms with Gasteiger partial charge in [-0.05, 0) is 17.5 Å². The Morgan fingerprint density at radius 3 is 2.33 bits per heavy atom. The normalized spacial score (nSPS) is 10.2. The fraction of sp³-hybridized carbons (Fsp3) is 0.143. The Labute approximate surface area is 90.6 Å². The zero-order chi connectivity index (χ0) is 10.7. The van der Waals surface area contributed by atoms with E-state index in [1.54, 1.807) is 0 Å². The second-order valence-corrected chi connectivity index (χ2v) is 3.60. The highest BCUT2D eigenvalue weighted by atomic mass is 14.6. The largest absolute Gasteiger partial charge is 0.398 e. The van der Waals surface area contributed by atoms with Crippen LogP contribution in [0, 0.1) is 0 Å². The summed E-state index contributed by atoms with van der Waals surface area (Å²) in [5, 5.41) is 0. The molecule has 1 nitrogen and oxygen atoms in total. The van der Waals surface area contributed by atoms with Crippen LogP contribution < -0.4 is 5.73 Å². The molecular weight excluding hydrogens is 182 g/mol. The molecule has 0 fully saturated rings. The van der Waals surface area contributed by atoms with E-state index in [0.29, 0.717) is 0 Å². The van der Waals surface area contributed by atoms with Crippen LogP contribution >= 0.6 is 0 Å². The summed E-state index contributed by atoms with van der Waals surface area (Å²) < 4.78 is 0. The summed E-state index contributed by atoms with van der Waals surface area (Å²) in [6, 6.07) is 16.5. The molecule has 0 aliphatic rings. The number of nitrogen functional groups attached to an aromatic ring is 1. The van der Waals surface area contributed by atoms with Gasteiger partial charge < -0.3 is 5.73 Å². The third-order valence-corrected chi connectivity index (χ3v) is 2.66. The van der Waals surface area contributed by atoms with Crippen molar-refractivity contribution in [2.24, 2.45) is 0 Å². The average Bonchev–Trinajstić information content (AvgIpc) is 2.30. The minimum atomic E-state index is 0.909. The van der Waals surface area contributed by atoms with Gasteiger partial charge in [0.05, 0.1) is 0 Å². The summed E-state index contributed by atoms with van der Waals surface area (Å²) in [4.78, 5) is 0. The zero-order valence-electron chi connectivity index (χ0n) is 8.90. The topological polar surface area (TPSA) is 26.0 Å². The van der Waals surface area contributed by atoms with Gasteiger partial charge in [0.2, 0.25) is 0 Å². The van der Waals surface area contributed by atoms with Crippen LogP contribution in [0.4, 0.5) is 5.69 Å². The molecule has 2 aromatic carbocycles. The van der Waals surface area contributed by atoms with Gasteiger partial charge in [-0.25, -0.2) is 0 Å². The number of aryl methyl sites for hydroxylation is 1. The van der Waals surface area contributed by atoms with E-state index in [1.165, 1.54) is 11.1 Å². The Morgan fingerprint density at radius 1 is 0.933 bits per heavy atom. The van der Waals surface area contributed by atoms with Crippen LogP contribution in [0.25, 0.3) is 11.1 Å². The number of hydrogen-bond donors (Lipinski definition) is 1. The van der Waals surface area contributed by atoms with Crippen LogP contribution in [-0.4, -0.2) is 0 Å². The molecule has 0 amide bonds. The first kappa shape index (κ1) is 9.78. The second-order valence-electron chi connectivity index (χ2n) is 3.60. The second kappa shape index (κ2) is 4.18. The Balaban J connectivity index is 2.54. The molecule has 15 heavy (non-hydrogen) atoms. The van der Waals surface area contributed by atoms with Crippen molar-refractivity contribution < 1.29 is 0 Å². The predicted molar refractivity (Wildman–Crippen MR) is 65.7 cm³/mol. The molecular formula is C14H15N. The number of nitrogens with two attached hydrogens (primary N) is 1. The quantitative estimate of drug-likeness (QED) is 0.733. The summed E-state index contributed by atoms with van der Waals surface area (Å²) in [6.45, 7) is 2.13. The van der Waals surface area contributed by atoms with E-state index in [9.17, 15) is 0 Å². The van der Waals surface area contributed by atoms with E-state index in [-0.39, 0.29) is 0 Å². The van der Waals surface area contributed by atoms with Crippen molar-refractivity contribution >= 4 is 5.69 Å². The molecule has 0 atom stereocenters. The number of anilines is 1. The van der Waals surface area contributed by atoms with Crippen molar-refractivity contribution in [1.29, 1.82) is 0 Å². The zero-order valence-corrected chi connectivity index (χ0v) is 8.90. The van der Waals surface area contributed by atoms with E-state index in [0.717, 1.165) is 17.7 Å². The maximum Gasteiger partial charge on any atom is 0.0426 e. The molecule has 0 aromatic heterocycles. The predicted octanol–water partition coefficient (Wildman–Crippen LogP) is 3.50. The highest BCUT2D eigenvalue weighted by Crippen LogP contribution is 2.28. The summed E-state index contributed by atoms with van der Waals surface area (Å²) in [5.74, 6) is 0. The molecule has 0 bridgehead atoms. The molecule has 0 aliphatic heterocycles. The lowest BCUT2D eigenvalue weighted by Gasteiger charge is -2.09. The van der Waals surface area contributed by atoms with Crippen molar-refractivity contribution in [2.75, 3.05) is 5.73 Å². The molecule has 0 saturated carbocycles. The van der Waals surface area contributed by atoms with Crippen LogP contribution in [0.5, 0.6) is 0 Å². The fourth-order valence-electron chi connectivity index (χ4n) is 1.79. The third-order valence-electron chi connectivity index (χ3n) is 2.66. The summed E-state index contributed by atoms with van der Waals surface area (Å²) in [6.07, 6.45) is 0.979. The van der Waals surface area contributed by atoms with Gasteiger partial charge in [0.15, 0.2) is 0 Å². The van der Waals surface area contributed by atoms with Crippen molar-refractivity contribution in [3.05, 3.63) is 54.1 Å². The van der Waals surface area contributed by atoms with Crippen molar-refractivity contribution in [1.82, 2.24) is 0 Å². The fourth-order valence-corrected chi connectivity index (χ4v) is 1.79. The smallest absolute Gasteiger partial charge is 0.0426 e. The molecule has 2 rings (SSSR count). The van der Waals surface area contributed by atoms with Gasteiger partial charge in [0.1, 0.15) is 0 Å². The van der Waals surface area contributed by atoms with E-state index >= 15 is 0 Å². The Kier molecular flexibility index (Phi) is 2.72. The molecule has 2 N–H and O–H groups in total. The lowest BCUT2D eigenvalue weighted by Crippen LogP contribution is -1.95. The van der Waals surface area contributed by atoms with E-state index in [4.69, 9.17) is 5.73 Å². The first-order valence-corrected chi connectivity index (χ1v) is 5.25. The maximum absolute atomic E-state index is 6.13. The molecule has 0 saturated heterocycles. The Hall–Kier alpha value is -1.76. The molecule has 2 aromatic rings. The minimum Gasteiger partial charge on any atom is -0.398 e. The number of hydrogen-bond acceptors (Lipinski definition) is 1. The monoisotopic (exact) mass is 197 g/mol. The molecule has 76 valence electrons. The highest BCUT2D eigenvalue weighted by molar-refractivity contribution is 5.78. The Bertz CT molecular complexity index is 446. The van der Waals surface area contributed by atoms with Crippen molar-refractivity contribution in [3.63, 3.8) is 0 Å². The Morgan fingerprint density at radius 2 is 1.67 bits per heavy atom. The maximum atomic E-state index is 6.13. The molecule has 0 heterocycles. The number of rotatable bonds is 2. The third kappa shape index (κ3) is 1.86. The molecule has 0 unspecified atom stereocenters. The molecule has 0 radical (unpaired) electrons. The van der Waals surface area contributed by atoms with Crippen LogP contribution in [0.15, 0.2) is 48.5 Å². The lowest BCUT2D eigenvalue weighted by atomic mass is 9.99. The molecule has 0 spiro atoms. The van der Waals surface area contributed by atoms with Crippen molar-refractivity contribution in [2.45, 2.75) is 13.3 Å².